The predicted molar refractivity (Wildman–Crippen MR) is 64.0 cm³/mol. The summed E-state index contributed by atoms with van der Waals surface area (Å²) in [6.45, 7) is 3.95. The molecular weight excluding hydrogens is 200 g/mol. The number of para-hydroxylation sites is 1. The molecule has 1 N–H and O–H groups in total. The molecule has 0 spiro atoms. The Labute approximate surface area is 95.5 Å². The molecule has 1 heterocycles. The molecule has 0 fully saturated rings. The van der Waals surface area contributed by atoms with Crippen LogP contribution in [0.4, 0.5) is 5.69 Å². The second-order valence-electron chi connectivity index (χ2n) is 3.64. The van der Waals surface area contributed by atoms with Crippen molar-refractivity contribution < 1.29 is 4.79 Å². The molecule has 1 aliphatic heterocycles. The van der Waals surface area contributed by atoms with Gasteiger partial charge in [-0.25, -0.2) is 0 Å². The maximum Gasteiger partial charge on any atom is 0.302 e. The van der Waals surface area contributed by atoms with Gasteiger partial charge in [-0.3, -0.25) is 4.79 Å². The van der Waals surface area contributed by atoms with Gasteiger partial charge in [0.15, 0.2) is 0 Å². The smallest absolute Gasteiger partial charge is 0.302 e. The van der Waals surface area contributed by atoms with Crippen molar-refractivity contribution in [1.29, 1.82) is 0 Å². The first-order valence-corrected chi connectivity index (χ1v) is 5.36. The third-order valence-corrected chi connectivity index (χ3v) is 2.59. The van der Waals surface area contributed by atoms with Crippen LogP contribution < -0.4 is 10.2 Å². The highest BCUT2D eigenvalue weighted by Crippen LogP contribution is 2.21. The Morgan fingerprint density at radius 1 is 1.44 bits per heavy atom. The lowest BCUT2D eigenvalue weighted by Crippen LogP contribution is -2.33. The Balaban J connectivity index is 2.38. The van der Waals surface area contributed by atoms with Crippen LogP contribution in [0.2, 0.25) is 0 Å². The Kier molecular flexibility index (Phi) is 3.23. The zero-order valence-electron chi connectivity index (χ0n) is 9.29. The summed E-state index contributed by atoms with van der Waals surface area (Å²) in [5, 5.41) is 3.29. The minimum atomic E-state index is -0.126. The molecule has 1 aromatic rings. The number of amides is 1. The molecule has 0 aromatic heterocycles. The highest BCUT2D eigenvalue weighted by molar-refractivity contribution is 6.06. The van der Waals surface area contributed by atoms with E-state index in [1.807, 2.05) is 24.3 Å². The van der Waals surface area contributed by atoms with Gasteiger partial charge in [0.2, 0.25) is 0 Å². The molecule has 0 saturated carbocycles. The van der Waals surface area contributed by atoms with Gasteiger partial charge in [-0.15, -0.1) is 0 Å². The molecule has 3 heteroatoms. The second kappa shape index (κ2) is 4.82. The summed E-state index contributed by atoms with van der Waals surface area (Å²) in [6.07, 6.45) is 0. The van der Waals surface area contributed by atoms with E-state index in [1.165, 1.54) is 0 Å². The van der Waals surface area contributed by atoms with Crippen molar-refractivity contribution in [3.63, 3.8) is 0 Å². The molecule has 0 unspecified atom stereocenters. The number of anilines is 1. The van der Waals surface area contributed by atoms with Gasteiger partial charge in [0.1, 0.15) is 0 Å². The molecule has 1 amide bonds. The average molecular weight is 214 g/mol. The monoisotopic (exact) mass is 214 g/mol. The minimum absolute atomic E-state index is 0.126. The first-order chi connectivity index (χ1) is 7.83. The lowest BCUT2D eigenvalue weighted by molar-refractivity contribution is -0.113. The van der Waals surface area contributed by atoms with Crippen molar-refractivity contribution in [2.45, 2.75) is 13.5 Å². The molecule has 0 saturated heterocycles. The standard InChI is InChI=1S/C13H14N2O/c1-2-5-13(16)15-9-8-14-10-11-6-3-4-7-12(11)15/h3-4,6-7,14H,8-10H2,1H3. The van der Waals surface area contributed by atoms with E-state index in [4.69, 9.17) is 0 Å². The predicted octanol–water partition coefficient (Wildman–Crippen LogP) is 1.15. The van der Waals surface area contributed by atoms with E-state index in [0.717, 1.165) is 24.3 Å². The van der Waals surface area contributed by atoms with E-state index in [-0.39, 0.29) is 5.91 Å². The van der Waals surface area contributed by atoms with E-state index >= 15 is 0 Å². The highest BCUT2D eigenvalue weighted by atomic mass is 16.2. The van der Waals surface area contributed by atoms with E-state index in [1.54, 1.807) is 11.8 Å². The maximum atomic E-state index is 11.8. The van der Waals surface area contributed by atoms with Crippen LogP contribution in [0.15, 0.2) is 24.3 Å². The Hall–Kier alpha value is -1.79. The summed E-state index contributed by atoms with van der Waals surface area (Å²) in [6, 6.07) is 7.94. The van der Waals surface area contributed by atoms with Crippen molar-refractivity contribution in [2.75, 3.05) is 18.0 Å². The van der Waals surface area contributed by atoms with E-state index in [0.29, 0.717) is 6.54 Å². The van der Waals surface area contributed by atoms with Crippen LogP contribution in [-0.2, 0) is 11.3 Å². The van der Waals surface area contributed by atoms with Crippen LogP contribution in [0.3, 0.4) is 0 Å². The number of fused-ring (bicyclic) bond motifs is 1. The normalized spacial score (nSPS) is 14.4. The van der Waals surface area contributed by atoms with Crippen LogP contribution in [0.1, 0.15) is 12.5 Å². The molecule has 0 bridgehead atoms. The molecule has 1 aromatic carbocycles. The van der Waals surface area contributed by atoms with Crippen LogP contribution in [0.25, 0.3) is 0 Å². The van der Waals surface area contributed by atoms with E-state index in [2.05, 4.69) is 17.2 Å². The number of carbonyl (C=O) groups excluding carboxylic acids is 1. The number of carbonyl (C=O) groups is 1. The van der Waals surface area contributed by atoms with Gasteiger partial charge in [0.05, 0.1) is 0 Å². The van der Waals surface area contributed by atoms with Crippen LogP contribution >= 0.6 is 0 Å². The molecule has 0 aliphatic carbocycles. The van der Waals surface area contributed by atoms with Gasteiger partial charge < -0.3 is 10.2 Å². The van der Waals surface area contributed by atoms with Crippen LogP contribution in [-0.4, -0.2) is 19.0 Å². The van der Waals surface area contributed by atoms with Crippen LogP contribution in [0, 0.1) is 11.8 Å². The maximum absolute atomic E-state index is 11.8. The largest absolute Gasteiger partial charge is 0.311 e. The molecule has 0 atom stereocenters. The Morgan fingerprint density at radius 2 is 2.25 bits per heavy atom. The SMILES string of the molecule is CC#CC(=O)N1CCNCc2ccccc21. The fourth-order valence-electron chi connectivity index (χ4n) is 1.84. The van der Waals surface area contributed by atoms with E-state index in [9.17, 15) is 4.79 Å². The molecule has 82 valence electrons. The fourth-order valence-corrected chi connectivity index (χ4v) is 1.84. The van der Waals surface area contributed by atoms with Crippen molar-refractivity contribution in [2.24, 2.45) is 0 Å². The lowest BCUT2D eigenvalue weighted by Gasteiger charge is -2.19. The summed E-state index contributed by atoms with van der Waals surface area (Å²) >= 11 is 0. The number of nitrogens with one attached hydrogen (secondary N) is 1. The summed E-state index contributed by atoms with van der Waals surface area (Å²) < 4.78 is 0. The molecule has 2 rings (SSSR count). The summed E-state index contributed by atoms with van der Waals surface area (Å²) in [4.78, 5) is 13.6. The number of nitrogens with zero attached hydrogens (tertiary/aromatic N) is 1. The van der Waals surface area contributed by atoms with Gasteiger partial charge >= 0.3 is 5.91 Å². The van der Waals surface area contributed by atoms with E-state index < -0.39 is 0 Å². The zero-order valence-corrected chi connectivity index (χ0v) is 9.29. The van der Waals surface area contributed by atoms with Gasteiger partial charge in [-0.2, -0.15) is 0 Å². The van der Waals surface area contributed by atoms with Crippen molar-refractivity contribution in [3.8, 4) is 11.8 Å². The number of benzene rings is 1. The Morgan fingerprint density at radius 3 is 3.06 bits per heavy atom. The Bertz CT molecular complexity index is 456. The third-order valence-electron chi connectivity index (χ3n) is 2.59. The van der Waals surface area contributed by atoms with Gasteiger partial charge in [0, 0.05) is 25.3 Å². The minimum Gasteiger partial charge on any atom is -0.311 e. The first-order valence-electron chi connectivity index (χ1n) is 5.36. The van der Waals surface area contributed by atoms with Crippen LogP contribution in [0.5, 0.6) is 0 Å². The van der Waals surface area contributed by atoms with Gasteiger partial charge in [-0.1, -0.05) is 24.1 Å². The molecule has 1 aliphatic rings. The highest BCUT2D eigenvalue weighted by Gasteiger charge is 2.18. The van der Waals surface area contributed by atoms with Gasteiger partial charge in [-0.05, 0) is 24.5 Å². The molecule has 3 nitrogen and oxygen atoms in total. The zero-order chi connectivity index (χ0) is 11.4. The lowest BCUT2D eigenvalue weighted by atomic mass is 10.1. The number of hydrogen-bond donors (Lipinski definition) is 1. The van der Waals surface area contributed by atoms with Crippen molar-refractivity contribution >= 4 is 11.6 Å². The average Bonchev–Trinajstić information content (AvgIpc) is 2.51. The third kappa shape index (κ3) is 2.07. The second-order valence-corrected chi connectivity index (χ2v) is 3.64. The number of rotatable bonds is 0. The molecular formula is C13H14N2O. The number of hydrogen-bond acceptors (Lipinski definition) is 2. The summed E-state index contributed by atoms with van der Waals surface area (Å²) in [5.41, 5.74) is 2.12. The first kappa shape index (κ1) is 10.7. The summed E-state index contributed by atoms with van der Waals surface area (Å²) in [5.74, 6) is 5.12. The topological polar surface area (TPSA) is 32.3 Å². The molecule has 16 heavy (non-hydrogen) atoms. The van der Waals surface area contributed by atoms with Crippen molar-refractivity contribution in [3.05, 3.63) is 29.8 Å². The van der Waals surface area contributed by atoms with Crippen molar-refractivity contribution in [1.82, 2.24) is 5.32 Å². The molecule has 0 radical (unpaired) electrons. The summed E-state index contributed by atoms with van der Waals surface area (Å²) in [7, 11) is 0. The quantitative estimate of drug-likeness (QED) is 0.657. The fraction of sp³-hybridized carbons (Fsp3) is 0.308. The van der Waals surface area contributed by atoms with Gasteiger partial charge in [0.25, 0.3) is 0 Å².